The maximum Gasteiger partial charge on any atom is 0.243 e. The van der Waals surface area contributed by atoms with E-state index in [2.05, 4.69) is 74.4 Å². The first-order chi connectivity index (χ1) is 36.4. The molecular formula is C42H84N28O7. The third-order valence-corrected chi connectivity index (χ3v) is 11.3. The first-order valence-electron chi connectivity index (χ1n) is 25.1. The Kier molecular flexibility index (Phi) is 31.8. The van der Waals surface area contributed by atoms with Crippen molar-refractivity contribution in [1.29, 1.82) is 37.9 Å². The van der Waals surface area contributed by atoms with Gasteiger partial charge >= 0.3 is 0 Å². The largest absolute Gasteiger partial charge is 0.370 e. The van der Waals surface area contributed by atoms with Gasteiger partial charge in [-0.3, -0.25) is 71.4 Å². The second-order valence-corrected chi connectivity index (χ2v) is 17.8. The monoisotopic (exact) mass is 1090 g/mol. The molecule has 1 aliphatic rings. The van der Waals surface area contributed by atoms with Gasteiger partial charge in [0.1, 0.15) is 42.3 Å². The third kappa shape index (κ3) is 30.9. The van der Waals surface area contributed by atoms with Gasteiger partial charge in [-0.1, -0.05) is 0 Å². The highest BCUT2D eigenvalue weighted by Crippen LogP contribution is 2.11. The molecule has 77 heavy (non-hydrogen) atoms. The molecule has 1 fully saturated rings. The SMILES string of the molecule is N=C(N)NCCC[C@@H]1NC(=O)[C@H](CCCNC(=N)N)NC(=O)[C@H](CCCNC(=N)N)NC(=O)[C@H](CCCNC(=N)N)NC(=O)[C@H](CCCNC(=N)N)NC(=O)[C@H](CCCNC(=N)N)NC(=O)[C@H](CCCNC(=N)N)NC1=O. The highest BCUT2D eigenvalue weighted by Gasteiger charge is 2.35. The smallest absolute Gasteiger partial charge is 0.243 e. The van der Waals surface area contributed by atoms with Gasteiger partial charge in [-0.2, -0.15) is 0 Å². The summed E-state index contributed by atoms with van der Waals surface area (Å²) < 4.78 is 0. The fraction of sp³-hybridized carbons (Fsp3) is 0.667. The molecule has 7 atom stereocenters. The molecule has 0 aromatic heterocycles. The van der Waals surface area contributed by atoms with Crippen LogP contribution in [0.25, 0.3) is 0 Å². The van der Waals surface area contributed by atoms with Crippen LogP contribution < -0.4 is 115 Å². The standard InChI is InChI=1S/C42H84N28O7/c43-36(44)57-15-1-8-22-29(71)65-24(10-3-17-59-38(47)48)31(73)67-26(12-5-19-61-40(51)52)33(75)69-28(14-7-21-63-42(55)56)35(77)70-27(13-6-20-62-41(53)54)34(76)68-25(11-4-18-60-39(49)50)32(74)66-23(30(72)64-22)9-2-16-58-37(45)46/h22-28H,1-21H2,(H,64,72)(H,65,71)(H,66,74)(H,67,73)(H,68,76)(H,69,75)(H,70,77)(H4,43,44,57)(H4,45,46,58)(H4,47,48,59)(H4,49,50,60)(H4,51,52,61)(H4,53,54,62)(H4,55,56,63)/t22-,23-,24-,25-,26-,27-,28-/m0/s1. The van der Waals surface area contributed by atoms with Crippen molar-refractivity contribution in [3.05, 3.63) is 0 Å². The third-order valence-electron chi connectivity index (χ3n) is 11.3. The molecule has 35 N–H and O–H groups in total. The summed E-state index contributed by atoms with van der Waals surface area (Å²) in [5.41, 5.74) is 38.4. The average Bonchev–Trinajstić information content (AvgIpc) is 3.34. The second-order valence-electron chi connectivity index (χ2n) is 17.8. The number of carbonyl (C=O) groups is 7. The van der Waals surface area contributed by atoms with E-state index in [-0.39, 0.29) is 177 Å². The molecule has 0 unspecified atom stereocenters. The number of amides is 7. The van der Waals surface area contributed by atoms with Crippen LogP contribution in [0.15, 0.2) is 0 Å². The van der Waals surface area contributed by atoms with Gasteiger partial charge in [0.2, 0.25) is 41.4 Å². The fourth-order valence-electron chi connectivity index (χ4n) is 7.49. The lowest BCUT2D eigenvalue weighted by molar-refractivity contribution is -0.135. The number of carbonyl (C=O) groups excluding carboxylic acids is 7. The summed E-state index contributed by atoms with van der Waals surface area (Å²) in [5.74, 6) is -8.78. The summed E-state index contributed by atoms with van der Waals surface area (Å²) in [6.07, 6.45) is 0.0618. The molecule has 1 saturated heterocycles. The Morgan fingerprint density at radius 2 is 0.364 bits per heavy atom. The molecule has 1 aliphatic heterocycles. The zero-order valence-electron chi connectivity index (χ0n) is 43.3. The minimum absolute atomic E-state index is 0.0709. The first-order valence-corrected chi connectivity index (χ1v) is 25.1. The van der Waals surface area contributed by atoms with Crippen molar-refractivity contribution in [2.24, 2.45) is 40.1 Å². The maximum absolute atomic E-state index is 14.4. The van der Waals surface area contributed by atoms with Gasteiger partial charge in [-0.25, -0.2) is 0 Å². The predicted molar refractivity (Wildman–Crippen MR) is 288 cm³/mol. The zero-order valence-corrected chi connectivity index (χ0v) is 43.3. The van der Waals surface area contributed by atoms with E-state index in [0.717, 1.165) is 0 Å². The molecule has 35 heteroatoms. The highest BCUT2D eigenvalue weighted by molar-refractivity contribution is 5.98. The van der Waals surface area contributed by atoms with E-state index in [0.29, 0.717) is 0 Å². The van der Waals surface area contributed by atoms with Crippen molar-refractivity contribution >= 4 is 83.1 Å². The highest BCUT2D eigenvalue weighted by atomic mass is 16.2. The van der Waals surface area contributed by atoms with Crippen LogP contribution in [0, 0.1) is 37.9 Å². The molecule has 35 nitrogen and oxygen atoms in total. The Morgan fingerprint density at radius 1 is 0.260 bits per heavy atom. The number of hydrogen-bond donors (Lipinski definition) is 28. The molecule has 0 saturated carbocycles. The minimum Gasteiger partial charge on any atom is -0.370 e. The van der Waals surface area contributed by atoms with Crippen molar-refractivity contribution in [3.8, 4) is 0 Å². The lowest BCUT2D eigenvalue weighted by Gasteiger charge is -2.28. The van der Waals surface area contributed by atoms with E-state index >= 15 is 0 Å². The second kappa shape index (κ2) is 37.0. The Bertz CT molecular complexity index is 1650. The van der Waals surface area contributed by atoms with Gasteiger partial charge in [-0.05, 0) is 89.9 Å². The van der Waals surface area contributed by atoms with E-state index in [4.69, 9.17) is 78.0 Å². The van der Waals surface area contributed by atoms with Crippen LogP contribution in [0.1, 0.15) is 89.9 Å². The van der Waals surface area contributed by atoms with Gasteiger partial charge < -0.3 is 115 Å². The van der Waals surface area contributed by atoms with E-state index in [1.54, 1.807) is 0 Å². The summed E-state index contributed by atoms with van der Waals surface area (Å²) in [7, 11) is 0. The van der Waals surface area contributed by atoms with Crippen LogP contribution in [0.5, 0.6) is 0 Å². The van der Waals surface area contributed by atoms with Crippen LogP contribution >= 0.6 is 0 Å². The van der Waals surface area contributed by atoms with Crippen LogP contribution in [0.3, 0.4) is 0 Å². The molecule has 7 amide bonds. The van der Waals surface area contributed by atoms with Crippen molar-refractivity contribution in [2.45, 2.75) is 132 Å². The fourth-order valence-corrected chi connectivity index (χ4v) is 7.49. The Morgan fingerprint density at radius 3 is 0.455 bits per heavy atom. The van der Waals surface area contributed by atoms with E-state index in [1.165, 1.54) is 0 Å². The minimum atomic E-state index is -1.43. The summed E-state index contributed by atoms with van der Waals surface area (Å²) in [6.45, 7) is 0.496. The molecule has 0 aromatic carbocycles. The number of rotatable bonds is 28. The zero-order chi connectivity index (χ0) is 57.9. The van der Waals surface area contributed by atoms with E-state index in [9.17, 15) is 33.6 Å². The molecule has 0 spiro atoms. The lowest BCUT2D eigenvalue weighted by atomic mass is 10.0. The molecule has 0 radical (unpaired) electrons. The molecule has 0 aliphatic carbocycles. The number of guanidine groups is 7. The normalized spacial score (nSPS) is 20.7. The molecule has 1 rings (SSSR count). The number of hydrogen-bond acceptors (Lipinski definition) is 14. The van der Waals surface area contributed by atoms with Gasteiger partial charge in [0, 0.05) is 45.8 Å². The molecular weight excluding hydrogens is 1010 g/mol. The molecule has 434 valence electrons. The summed E-state index contributed by atoms with van der Waals surface area (Å²) in [4.78, 5) is 101. The quantitative estimate of drug-likeness (QED) is 0.0197. The maximum atomic E-state index is 14.4. The van der Waals surface area contributed by atoms with Crippen LogP contribution in [-0.2, 0) is 33.6 Å². The van der Waals surface area contributed by atoms with Crippen molar-refractivity contribution in [3.63, 3.8) is 0 Å². The van der Waals surface area contributed by atoms with Crippen molar-refractivity contribution < 1.29 is 33.6 Å². The lowest BCUT2D eigenvalue weighted by Crippen LogP contribution is -2.59. The summed E-state index contributed by atoms with van der Waals surface area (Å²) in [5, 5.41) is 90.0. The van der Waals surface area contributed by atoms with E-state index in [1.807, 2.05) is 0 Å². The van der Waals surface area contributed by atoms with Crippen molar-refractivity contribution in [2.75, 3.05) is 45.8 Å². The number of nitrogens with one attached hydrogen (secondary N) is 21. The Labute approximate surface area is 446 Å². The van der Waals surface area contributed by atoms with Crippen LogP contribution in [-0.4, -0.2) is 171 Å². The van der Waals surface area contributed by atoms with Gasteiger partial charge in [0.25, 0.3) is 0 Å². The molecule has 1 heterocycles. The number of nitrogens with two attached hydrogens (primary N) is 7. The Hall–Kier alpha value is -8.82. The van der Waals surface area contributed by atoms with Gasteiger partial charge in [0.05, 0.1) is 0 Å². The summed E-state index contributed by atoms with van der Waals surface area (Å²) >= 11 is 0. The van der Waals surface area contributed by atoms with Gasteiger partial charge in [0.15, 0.2) is 41.7 Å². The van der Waals surface area contributed by atoms with E-state index < -0.39 is 83.6 Å². The van der Waals surface area contributed by atoms with Gasteiger partial charge in [-0.15, -0.1) is 0 Å². The summed E-state index contributed by atoms with van der Waals surface area (Å²) in [6, 6.07) is -9.99. The topological polar surface area (TPSA) is 637 Å². The van der Waals surface area contributed by atoms with Crippen molar-refractivity contribution in [1.82, 2.24) is 74.4 Å². The van der Waals surface area contributed by atoms with Crippen LogP contribution in [0.4, 0.5) is 0 Å². The molecule has 0 bridgehead atoms. The molecule has 0 aromatic rings. The van der Waals surface area contributed by atoms with Crippen LogP contribution in [0.2, 0.25) is 0 Å². The average molecular weight is 1090 g/mol. The first kappa shape index (κ1) is 66.2. The predicted octanol–water partition coefficient (Wildman–Crippen LogP) is -8.76. The Balaban J connectivity index is 4.20.